The first-order chi connectivity index (χ1) is 8.17. The molecule has 1 aliphatic rings. The van der Waals surface area contributed by atoms with Crippen molar-refractivity contribution in [2.75, 3.05) is 13.2 Å². The van der Waals surface area contributed by atoms with Crippen molar-refractivity contribution < 1.29 is 9.90 Å². The quantitative estimate of drug-likeness (QED) is 0.652. The van der Waals surface area contributed by atoms with Gasteiger partial charge in [-0.2, -0.15) is 0 Å². The predicted octanol–water partition coefficient (Wildman–Crippen LogP) is 1.04. The Kier molecular flexibility index (Phi) is 6.52. The molecule has 1 saturated carbocycles. The number of rotatable bonds is 6. The number of hydrogen-bond donors (Lipinski definition) is 3. The first-order valence-electron chi connectivity index (χ1n) is 6.81. The average Bonchev–Trinajstić information content (AvgIpc) is 2.36. The van der Waals surface area contributed by atoms with Crippen LogP contribution in [0.15, 0.2) is 0 Å². The minimum atomic E-state index is 0.0515. The zero-order valence-corrected chi connectivity index (χ0v) is 11.0. The normalized spacial score (nSPS) is 26.5. The number of aliphatic hydroxyl groups is 1. The number of hydrogen-bond acceptors (Lipinski definition) is 3. The molecule has 3 N–H and O–H groups in total. The number of carbonyl (C=O) groups is 1. The lowest BCUT2D eigenvalue weighted by atomic mass is 9.85. The maximum absolute atomic E-state index is 11.7. The van der Waals surface area contributed by atoms with Crippen molar-refractivity contribution in [1.82, 2.24) is 10.6 Å². The van der Waals surface area contributed by atoms with Gasteiger partial charge in [-0.1, -0.05) is 19.8 Å². The predicted molar refractivity (Wildman–Crippen MR) is 68.7 cm³/mol. The van der Waals surface area contributed by atoms with Gasteiger partial charge in [0.15, 0.2) is 0 Å². The molecule has 0 aromatic carbocycles. The van der Waals surface area contributed by atoms with E-state index >= 15 is 0 Å². The Morgan fingerprint density at radius 1 is 1.41 bits per heavy atom. The molecule has 0 radical (unpaired) electrons. The highest BCUT2D eigenvalue weighted by molar-refractivity contribution is 5.78. The van der Waals surface area contributed by atoms with Crippen LogP contribution in [0.25, 0.3) is 0 Å². The van der Waals surface area contributed by atoms with Gasteiger partial charge in [-0.25, -0.2) is 0 Å². The van der Waals surface area contributed by atoms with Gasteiger partial charge in [0.05, 0.1) is 6.54 Å². The van der Waals surface area contributed by atoms with Crippen LogP contribution in [0.5, 0.6) is 0 Å². The second kappa shape index (κ2) is 7.67. The van der Waals surface area contributed by atoms with Crippen LogP contribution in [0.1, 0.15) is 46.0 Å². The molecule has 100 valence electrons. The summed E-state index contributed by atoms with van der Waals surface area (Å²) in [5.74, 6) is 0.298. The zero-order chi connectivity index (χ0) is 12.7. The van der Waals surface area contributed by atoms with Crippen molar-refractivity contribution in [3.05, 3.63) is 0 Å². The molecule has 4 nitrogen and oxygen atoms in total. The van der Waals surface area contributed by atoms with E-state index in [9.17, 15) is 9.90 Å². The fourth-order valence-corrected chi connectivity index (χ4v) is 2.29. The van der Waals surface area contributed by atoms with Gasteiger partial charge in [-0.3, -0.25) is 4.79 Å². The summed E-state index contributed by atoms with van der Waals surface area (Å²) < 4.78 is 0. The molecular formula is C13H26N2O2. The largest absolute Gasteiger partial charge is 0.396 e. The van der Waals surface area contributed by atoms with Crippen molar-refractivity contribution >= 4 is 5.91 Å². The Hall–Kier alpha value is -0.610. The van der Waals surface area contributed by atoms with E-state index in [1.807, 2.05) is 0 Å². The molecule has 0 aliphatic heterocycles. The molecule has 1 fully saturated rings. The Morgan fingerprint density at radius 3 is 2.76 bits per heavy atom. The molecule has 0 spiro atoms. The number of nitrogens with one attached hydrogen (secondary N) is 2. The molecule has 0 bridgehead atoms. The smallest absolute Gasteiger partial charge is 0.234 e. The van der Waals surface area contributed by atoms with E-state index < -0.39 is 0 Å². The molecule has 0 aromatic heterocycles. The minimum Gasteiger partial charge on any atom is -0.396 e. The van der Waals surface area contributed by atoms with Gasteiger partial charge in [0.1, 0.15) is 0 Å². The van der Waals surface area contributed by atoms with Crippen LogP contribution < -0.4 is 10.6 Å². The fraction of sp³-hybridized carbons (Fsp3) is 0.923. The summed E-state index contributed by atoms with van der Waals surface area (Å²) in [6.07, 6.45) is 5.37. The highest BCUT2D eigenvalue weighted by atomic mass is 16.3. The lowest BCUT2D eigenvalue weighted by Crippen LogP contribution is -2.47. The summed E-state index contributed by atoms with van der Waals surface area (Å²) in [7, 11) is 0. The van der Waals surface area contributed by atoms with Crippen LogP contribution in [-0.2, 0) is 4.79 Å². The highest BCUT2D eigenvalue weighted by Crippen LogP contribution is 2.23. The van der Waals surface area contributed by atoms with Crippen LogP contribution in [0.3, 0.4) is 0 Å². The zero-order valence-electron chi connectivity index (χ0n) is 11.0. The molecule has 3 unspecified atom stereocenters. The van der Waals surface area contributed by atoms with Crippen molar-refractivity contribution in [1.29, 1.82) is 0 Å². The maximum atomic E-state index is 11.7. The Labute approximate surface area is 104 Å². The lowest BCUT2D eigenvalue weighted by molar-refractivity contribution is -0.121. The summed E-state index contributed by atoms with van der Waals surface area (Å²) in [6.45, 7) is 4.73. The number of carbonyl (C=O) groups excluding carboxylic acids is 1. The molecule has 0 heterocycles. The first-order valence-corrected chi connectivity index (χ1v) is 6.81. The first kappa shape index (κ1) is 14.5. The summed E-state index contributed by atoms with van der Waals surface area (Å²) in [5.41, 5.74) is 0. The molecule has 1 rings (SSSR count). The van der Waals surface area contributed by atoms with Crippen molar-refractivity contribution in [2.24, 2.45) is 5.92 Å². The van der Waals surface area contributed by atoms with E-state index in [-0.39, 0.29) is 24.5 Å². The lowest BCUT2D eigenvalue weighted by Gasteiger charge is -2.31. The molecule has 4 heteroatoms. The van der Waals surface area contributed by atoms with E-state index in [1.54, 1.807) is 0 Å². The Morgan fingerprint density at radius 2 is 2.12 bits per heavy atom. The fourth-order valence-electron chi connectivity index (χ4n) is 2.29. The summed E-state index contributed by atoms with van der Waals surface area (Å²) in [6, 6.07) is 0.542. The molecule has 1 aliphatic carbocycles. The van der Waals surface area contributed by atoms with E-state index in [4.69, 9.17) is 0 Å². The average molecular weight is 242 g/mol. The number of aliphatic hydroxyl groups excluding tert-OH is 1. The van der Waals surface area contributed by atoms with Crippen molar-refractivity contribution in [2.45, 2.75) is 58.0 Å². The molecule has 0 saturated heterocycles. The van der Waals surface area contributed by atoms with Crippen molar-refractivity contribution in [3.63, 3.8) is 0 Å². The third-order valence-electron chi connectivity index (χ3n) is 3.71. The van der Waals surface area contributed by atoms with E-state index in [1.165, 1.54) is 6.42 Å². The molecule has 3 atom stereocenters. The topological polar surface area (TPSA) is 61.4 Å². The van der Waals surface area contributed by atoms with Gasteiger partial charge in [0.25, 0.3) is 0 Å². The van der Waals surface area contributed by atoms with Gasteiger partial charge in [0.2, 0.25) is 5.91 Å². The summed E-state index contributed by atoms with van der Waals surface area (Å²) in [4.78, 5) is 11.7. The van der Waals surface area contributed by atoms with Gasteiger partial charge < -0.3 is 15.7 Å². The third kappa shape index (κ3) is 5.04. The number of amides is 1. The van der Waals surface area contributed by atoms with Gasteiger partial charge in [-0.05, 0) is 26.2 Å². The highest BCUT2D eigenvalue weighted by Gasteiger charge is 2.25. The van der Waals surface area contributed by atoms with Crippen LogP contribution in [0.2, 0.25) is 0 Å². The standard InChI is InChI=1S/C13H26N2O2/c1-3-10(2)14-8-13(17)15-12-7-5-4-6-11(12)9-16/h10-12,14,16H,3-9H2,1-2H3,(H,15,17). The monoisotopic (exact) mass is 242 g/mol. The Bertz CT molecular complexity index is 233. The van der Waals surface area contributed by atoms with Crippen LogP contribution in [-0.4, -0.2) is 36.2 Å². The third-order valence-corrected chi connectivity index (χ3v) is 3.71. The SMILES string of the molecule is CCC(C)NCC(=O)NC1CCCCC1CO. The van der Waals surface area contributed by atoms with Gasteiger partial charge in [0, 0.05) is 24.6 Å². The van der Waals surface area contributed by atoms with E-state index in [0.29, 0.717) is 12.6 Å². The molecular weight excluding hydrogens is 216 g/mol. The van der Waals surface area contributed by atoms with E-state index in [0.717, 1.165) is 25.7 Å². The minimum absolute atomic E-state index is 0.0515. The molecule has 0 aromatic rings. The second-order valence-electron chi connectivity index (χ2n) is 5.09. The maximum Gasteiger partial charge on any atom is 0.234 e. The molecule has 17 heavy (non-hydrogen) atoms. The van der Waals surface area contributed by atoms with E-state index in [2.05, 4.69) is 24.5 Å². The van der Waals surface area contributed by atoms with Crippen LogP contribution in [0.4, 0.5) is 0 Å². The molecule has 1 amide bonds. The summed E-state index contributed by atoms with van der Waals surface area (Å²) in [5, 5.41) is 15.5. The van der Waals surface area contributed by atoms with Crippen LogP contribution >= 0.6 is 0 Å². The van der Waals surface area contributed by atoms with Crippen LogP contribution in [0, 0.1) is 5.92 Å². The van der Waals surface area contributed by atoms with Gasteiger partial charge >= 0.3 is 0 Å². The van der Waals surface area contributed by atoms with Crippen molar-refractivity contribution in [3.8, 4) is 0 Å². The van der Waals surface area contributed by atoms with Gasteiger partial charge in [-0.15, -0.1) is 0 Å². The second-order valence-corrected chi connectivity index (χ2v) is 5.09. The Balaban J connectivity index is 2.28. The summed E-state index contributed by atoms with van der Waals surface area (Å²) >= 11 is 0.